The second-order valence-electron chi connectivity index (χ2n) is 3.86. The molecule has 1 aromatic rings. The number of primary amides is 1. The molecule has 0 aromatic carbocycles. The predicted molar refractivity (Wildman–Crippen MR) is 62.9 cm³/mol. The number of nitrogens with one attached hydrogen (secondary N) is 2. The van der Waals surface area contributed by atoms with Gasteiger partial charge in [0.15, 0.2) is 0 Å². The summed E-state index contributed by atoms with van der Waals surface area (Å²) in [5.41, 5.74) is 9.85. The van der Waals surface area contributed by atoms with Gasteiger partial charge in [-0.25, -0.2) is 0 Å². The Kier molecular flexibility index (Phi) is 3.17. The van der Waals surface area contributed by atoms with Crippen LogP contribution in [-0.2, 0) is 4.79 Å². The fraction of sp³-hybridized carbons (Fsp3) is 0.444. The zero-order valence-electron chi connectivity index (χ0n) is 9.53. The lowest BCUT2D eigenvalue weighted by Gasteiger charge is -2.23. The van der Waals surface area contributed by atoms with Gasteiger partial charge in [-0.15, -0.1) is 0 Å². The molecule has 16 heavy (non-hydrogen) atoms. The SMILES string of the molecule is CNc1cc(NC(C)(C)C(N)=O)nc(N)n1. The first kappa shape index (κ1) is 12.0. The largest absolute Gasteiger partial charge is 0.373 e. The number of carbonyl (C=O) groups is 1. The minimum Gasteiger partial charge on any atom is -0.373 e. The fourth-order valence-electron chi connectivity index (χ4n) is 1.04. The topological polar surface area (TPSA) is 119 Å². The van der Waals surface area contributed by atoms with Gasteiger partial charge >= 0.3 is 0 Å². The number of aromatic nitrogens is 2. The van der Waals surface area contributed by atoms with Gasteiger partial charge in [0.05, 0.1) is 0 Å². The zero-order valence-corrected chi connectivity index (χ0v) is 9.53. The number of nitrogens with zero attached hydrogens (tertiary/aromatic N) is 2. The summed E-state index contributed by atoms with van der Waals surface area (Å²) in [4.78, 5) is 19.0. The Bertz CT molecular complexity index is 403. The van der Waals surface area contributed by atoms with Gasteiger partial charge in [-0.3, -0.25) is 4.79 Å². The summed E-state index contributed by atoms with van der Waals surface area (Å²) >= 11 is 0. The Balaban J connectivity index is 2.97. The van der Waals surface area contributed by atoms with Crippen molar-refractivity contribution >= 4 is 23.5 Å². The summed E-state index contributed by atoms with van der Waals surface area (Å²) < 4.78 is 0. The monoisotopic (exact) mass is 224 g/mol. The van der Waals surface area contributed by atoms with Crippen LogP contribution in [0.25, 0.3) is 0 Å². The Labute approximate surface area is 93.6 Å². The van der Waals surface area contributed by atoms with Crippen LogP contribution < -0.4 is 22.1 Å². The number of hydrogen-bond donors (Lipinski definition) is 4. The summed E-state index contributed by atoms with van der Waals surface area (Å²) in [6.07, 6.45) is 0. The lowest BCUT2D eigenvalue weighted by atomic mass is 10.1. The average molecular weight is 224 g/mol. The minimum atomic E-state index is -0.897. The maximum atomic E-state index is 11.1. The first-order chi connectivity index (χ1) is 7.35. The van der Waals surface area contributed by atoms with Crippen molar-refractivity contribution in [1.82, 2.24) is 9.97 Å². The molecule has 0 atom stereocenters. The molecule has 0 bridgehead atoms. The predicted octanol–water partition coefficient (Wildman–Crippen LogP) is -0.224. The van der Waals surface area contributed by atoms with Crippen molar-refractivity contribution in [2.75, 3.05) is 23.4 Å². The van der Waals surface area contributed by atoms with Crippen LogP contribution >= 0.6 is 0 Å². The molecule has 0 saturated heterocycles. The van der Waals surface area contributed by atoms with E-state index >= 15 is 0 Å². The molecule has 0 spiro atoms. The molecule has 0 aliphatic carbocycles. The quantitative estimate of drug-likeness (QED) is 0.561. The van der Waals surface area contributed by atoms with E-state index in [9.17, 15) is 4.79 Å². The molecule has 0 fully saturated rings. The van der Waals surface area contributed by atoms with Crippen molar-refractivity contribution in [1.29, 1.82) is 0 Å². The van der Waals surface area contributed by atoms with Gasteiger partial charge in [-0.2, -0.15) is 9.97 Å². The molecule has 88 valence electrons. The third-order valence-corrected chi connectivity index (χ3v) is 2.06. The Morgan fingerprint density at radius 1 is 1.38 bits per heavy atom. The van der Waals surface area contributed by atoms with Gasteiger partial charge in [-0.05, 0) is 13.8 Å². The summed E-state index contributed by atoms with van der Waals surface area (Å²) in [6.45, 7) is 3.32. The lowest BCUT2D eigenvalue weighted by molar-refractivity contribution is -0.121. The van der Waals surface area contributed by atoms with Crippen LogP contribution in [0, 0.1) is 0 Å². The molecule has 0 aliphatic rings. The minimum absolute atomic E-state index is 0.120. The van der Waals surface area contributed by atoms with Crippen LogP contribution in [0.3, 0.4) is 0 Å². The van der Waals surface area contributed by atoms with Crippen molar-refractivity contribution in [2.45, 2.75) is 19.4 Å². The zero-order chi connectivity index (χ0) is 12.3. The fourth-order valence-corrected chi connectivity index (χ4v) is 1.04. The third-order valence-electron chi connectivity index (χ3n) is 2.06. The van der Waals surface area contributed by atoms with Crippen LogP contribution in [0.1, 0.15) is 13.8 Å². The van der Waals surface area contributed by atoms with Gasteiger partial charge in [0.1, 0.15) is 17.2 Å². The van der Waals surface area contributed by atoms with E-state index in [0.717, 1.165) is 0 Å². The van der Waals surface area contributed by atoms with Crippen molar-refractivity contribution in [2.24, 2.45) is 5.73 Å². The smallest absolute Gasteiger partial charge is 0.242 e. The Morgan fingerprint density at radius 3 is 2.44 bits per heavy atom. The number of hydrogen-bond acceptors (Lipinski definition) is 6. The van der Waals surface area contributed by atoms with E-state index in [4.69, 9.17) is 11.5 Å². The van der Waals surface area contributed by atoms with Gasteiger partial charge in [0.25, 0.3) is 0 Å². The number of amides is 1. The van der Waals surface area contributed by atoms with Crippen molar-refractivity contribution in [3.8, 4) is 0 Å². The van der Waals surface area contributed by atoms with E-state index in [1.807, 2.05) is 0 Å². The standard InChI is InChI=1S/C9H16N6O/c1-9(2,7(10)16)15-6-4-5(12-3)13-8(11)14-6/h4H,1-3H3,(H2,10,16)(H4,11,12,13,14,15). The number of nitrogens with two attached hydrogens (primary N) is 2. The number of carbonyl (C=O) groups excluding carboxylic acids is 1. The number of rotatable bonds is 4. The maximum Gasteiger partial charge on any atom is 0.242 e. The molecule has 1 amide bonds. The first-order valence-corrected chi connectivity index (χ1v) is 4.75. The molecule has 1 aromatic heterocycles. The van der Waals surface area contributed by atoms with Gasteiger partial charge < -0.3 is 22.1 Å². The van der Waals surface area contributed by atoms with Crippen molar-refractivity contribution < 1.29 is 4.79 Å². The summed E-state index contributed by atoms with van der Waals surface area (Å²) in [7, 11) is 1.71. The highest BCUT2D eigenvalue weighted by atomic mass is 16.1. The van der Waals surface area contributed by atoms with Crippen molar-refractivity contribution in [3.63, 3.8) is 0 Å². The van der Waals surface area contributed by atoms with Gasteiger partial charge in [-0.1, -0.05) is 0 Å². The molecule has 1 heterocycles. The molecule has 1 rings (SSSR count). The maximum absolute atomic E-state index is 11.1. The van der Waals surface area contributed by atoms with Crippen LogP contribution in [0.15, 0.2) is 6.07 Å². The van der Waals surface area contributed by atoms with E-state index in [1.165, 1.54) is 0 Å². The molecular weight excluding hydrogens is 208 g/mol. The highest BCUT2D eigenvalue weighted by Crippen LogP contribution is 2.16. The molecule has 7 nitrogen and oxygen atoms in total. The number of nitrogen functional groups attached to an aromatic ring is 1. The molecule has 0 unspecified atom stereocenters. The second kappa shape index (κ2) is 4.21. The van der Waals surface area contributed by atoms with E-state index in [-0.39, 0.29) is 5.95 Å². The molecule has 0 aliphatic heterocycles. The number of anilines is 3. The lowest BCUT2D eigenvalue weighted by Crippen LogP contribution is -2.45. The van der Waals surface area contributed by atoms with E-state index in [1.54, 1.807) is 27.0 Å². The van der Waals surface area contributed by atoms with Crippen LogP contribution in [0.2, 0.25) is 0 Å². The summed E-state index contributed by atoms with van der Waals surface area (Å²) in [6, 6.07) is 1.64. The van der Waals surface area contributed by atoms with Crippen LogP contribution in [0.4, 0.5) is 17.6 Å². The highest BCUT2D eigenvalue weighted by molar-refractivity contribution is 5.86. The van der Waals surface area contributed by atoms with Gasteiger partial charge in [0, 0.05) is 13.1 Å². The van der Waals surface area contributed by atoms with Crippen LogP contribution in [-0.4, -0.2) is 28.5 Å². The highest BCUT2D eigenvalue weighted by Gasteiger charge is 2.25. The third kappa shape index (κ3) is 2.72. The first-order valence-electron chi connectivity index (χ1n) is 4.75. The van der Waals surface area contributed by atoms with Crippen LogP contribution in [0.5, 0.6) is 0 Å². The molecule has 0 radical (unpaired) electrons. The second-order valence-corrected chi connectivity index (χ2v) is 3.86. The Hall–Kier alpha value is -2.05. The summed E-state index contributed by atoms with van der Waals surface area (Å²) in [5.74, 6) is 0.654. The van der Waals surface area contributed by atoms with E-state index < -0.39 is 11.4 Å². The van der Waals surface area contributed by atoms with E-state index in [0.29, 0.717) is 11.6 Å². The normalized spacial score (nSPS) is 10.9. The molecule has 7 heteroatoms. The molecule has 0 saturated carbocycles. The summed E-state index contributed by atoms with van der Waals surface area (Å²) in [5, 5.41) is 5.72. The molecular formula is C9H16N6O. The Morgan fingerprint density at radius 2 is 1.94 bits per heavy atom. The molecule has 6 N–H and O–H groups in total. The van der Waals surface area contributed by atoms with Crippen molar-refractivity contribution in [3.05, 3.63) is 6.07 Å². The van der Waals surface area contributed by atoms with Gasteiger partial charge in [0.2, 0.25) is 11.9 Å². The average Bonchev–Trinajstić information content (AvgIpc) is 2.15. The van der Waals surface area contributed by atoms with E-state index in [2.05, 4.69) is 20.6 Å².